The number of hydrogen-bond donors (Lipinski definition) is 2. The Hall–Kier alpha value is -3.42. The summed E-state index contributed by atoms with van der Waals surface area (Å²) in [5.74, 6) is -3.53. The van der Waals surface area contributed by atoms with E-state index in [9.17, 15) is 29.4 Å². The van der Waals surface area contributed by atoms with Crippen molar-refractivity contribution in [3.8, 4) is 11.5 Å². The van der Waals surface area contributed by atoms with E-state index in [1.807, 2.05) is 13.8 Å². The second-order valence-electron chi connectivity index (χ2n) is 6.73. The number of allylic oxidation sites excluding steroid dienone is 2. The number of carbonyl (C=O) groups excluding carboxylic acids is 4. The van der Waals surface area contributed by atoms with Crippen LogP contribution in [-0.2, 0) is 19.1 Å². The van der Waals surface area contributed by atoms with Gasteiger partial charge in [-0.1, -0.05) is 11.6 Å². The molecule has 0 unspecified atom stereocenters. The Balaban J connectivity index is 2.33. The number of aromatic hydroxyl groups is 2. The van der Waals surface area contributed by atoms with Crippen LogP contribution in [0.5, 0.6) is 11.5 Å². The summed E-state index contributed by atoms with van der Waals surface area (Å²) in [5, 5.41) is 20.0. The third-order valence-corrected chi connectivity index (χ3v) is 4.16. The molecule has 1 aromatic carbocycles. The van der Waals surface area contributed by atoms with E-state index in [0.717, 1.165) is 23.8 Å². The largest absolute Gasteiger partial charge is 0.507 e. The van der Waals surface area contributed by atoms with Gasteiger partial charge in [0.25, 0.3) is 0 Å². The number of ketones is 2. The van der Waals surface area contributed by atoms with Crippen LogP contribution in [0, 0.1) is 0 Å². The van der Waals surface area contributed by atoms with Gasteiger partial charge in [0.2, 0.25) is 0 Å². The standard InChI is InChI=1S/C21H22O8/c1-11(2)4-7-17(29-18(26)8-9-28-12(3)22)13-10-16(25)19-14(23)5-6-15(24)20(19)21(13)27/h4-6,10,17,23-24H,7-9H2,1-3H3/t17-/m1/s1. The van der Waals surface area contributed by atoms with E-state index in [-0.39, 0.29) is 36.1 Å². The van der Waals surface area contributed by atoms with Crippen molar-refractivity contribution in [2.24, 2.45) is 0 Å². The molecule has 2 rings (SSSR count). The number of hydrogen-bond acceptors (Lipinski definition) is 8. The maximum absolute atomic E-state index is 12.9. The monoisotopic (exact) mass is 402 g/mol. The number of rotatable bonds is 7. The van der Waals surface area contributed by atoms with Gasteiger partial charge in [0.05, 0.1) is 17.5 Å². The Morgan fingerprint density at radius 3 is 2.28 bits per heavy atom. The van der Waals surface area contributed by atoms with E-state index < -0.39 is 41.1 Å². The SMILES string of the molecule is CC(=O)OCCC(=O)O[C@H](CC=C(C)C)C1=CC(=O)c2c(O)ccc(O)c2C1=O. The second kappa shape index (κ2) is 9.18. The predicted molar refractivity (Wildman–Crippen MR) is 102 cm³/mol. The lowest BCUT2D eigenvalue weighted by Gasteiger charge is -2.23. The van der Waals surface area contributed by atoms with Gasteiger partial charge in [0.15, 0.2) is 11.6 Å². The lowest BCUT2D eigenvalue weighted by atomic mass is 9.85. The molecule has 8 heteroatoms. The van der Waals surface area contributed by atoms with E-state index in [1.165, 1.54) is 6.92 Å². The number of Topliss-reactive ketones (excluding diaryl/α,β-unsaturated/α-hetero) is 1. The highest BCUT2D eigenvalue weighted by Gasteiger charge is 2.35. The molecule has 0 bridgehead atoms. The molecule has 0 spiro atoms. The molecule has 29 heavy (non-hydrogen) atoms. The molecule has 0 aliphatic heterocycles. The maximum atomic E-state index is 12.9. The number of phenolic OH excluding ortho intramolecular Hbond substituents is 2. The van der Waals surface area contributed by atoms with E-state index in [2.05, 4.69) is 0 Å². The van der Waals surface area contributed by atoms with Gasteiger partial charge in [-0.15, -0.1) is 0 Å². The Morgan fingerprint density at radius 2 is 1.69 bits per heavy atom. The summed E-state index contributed by atoms with van der Waals surface area (Å²) in [5.41, 5.74) is 0.176. The quantitative estimate of drug-likeness (QED) is 0.405. The molecule has 0 aromatic heterocycles. The smallest absolute Gasteiger partial charge is 0.309 e. The van der Waals surface area contributed by atoms with Gasteiger partial charge in [0.1, 0.15) is 24.2 Å². The van der Waals surface area contributed by atoms with E-state index >= 15 is 0 Å². The first-order chi connectivity index (χ1) is 13.6. The first-order valence-corrected chi connectivity index (χ1v) is 8.93. The van der Waals surface area contributed by atoms with Crippen molar-refractivity contribution in [1.82, 2.24) is 0 Å². The predicted octanol–water partition coefficient (Wildman–Crippen LogP) is 2.62. The average molecular weight is 402 g/mol. The molecule has 1 aliphatic carbocycles. The molecule has 8 nitrogen and oxygen atoms in total. The zero-order valence-electron chi connectivity index (χ0n) is 16.4. The number of ether oxygens (including phenoxy) is 2. The highest BCUT2D eigenvalue weighted by molar-refractivity contribution is 6.27. The zero-order chi connectivity index (χ0) is 21.7. The van der Waals surface area contributed by atoms with Crippen LogP contribution in [0.15, 0.2) is 35.4 Å². The summed E-state index contributed by atoms with van der Waals surface area (Å²) in [6.07, 6.45) is 1.57. The Morgan fingerprint density at radius 1 is 1.07 bits per heavy atom. The van der Waals surface area contributed by atoms with Crippen molar-refractivity contribution in [2.45, 2.75) is 39.7 Å². The van der Waals surface area contributed by atoms with Crippen LogP contribution >= 0.6 is 0 Å². The van der Waals surface area contributed by atoms with Crippen molar-refractivity contribution < 1.29 is 38.9 Å². The topological polar surface area (TPSA) is 127 Å². The molecule has 154 valence electrons. The molecule has 0 fully saturated rings. The summed E-state index contributed by atoms with van der Waals surface area (Å²) in [7, 11) is 0. The molecule has 0 saturated heterocycles. The third kappa shape index (κ3) is 5.31. The van der Waals surface area contributed by atoms with Crippen LogP contribution in [0.25, 0.3) is 0 Å². The van der Waals surface area contributed by atoms with Crippen molar-refractivity contribution in [3.63, 3.8) is 0 Å². The minimum Gasteiger partial charge on any atom is -0.507 e. The molecular weight excluding hydrogens is 380 g/mol. The highest BCUT2D eigenvalue weighted by Crippen LogP contribution is 2.36. The van der Waals surface area contributed by atoms with Crippen LogP contribution in [0.4, 0.5) is 0 Å². The molecule has 0 saturated carbocycles. The van der Waals surface area contributed by atoms with Gasteiger partial charge in [-0.25, -0.2) is 0 Å². The van der Waals surface area contributed by atoms with Crippen LogP contribution in [0.1, 0.15) is 54.3 Å². The summed E-state index contributed by atoms with van der Waals surface area (Å²) in [6, 6.07) is 2.23. The lowest BCUT2D eigenvalue weighted by Crippen LogP contribution is -2.29. The van der Waals surface area contributed by atoms with Crippen molar-refractivity contribution in [2.75, 3.05) is 6.61 Å². The van der Waals surface area contributed by atoms with Gasteiger partial charge >= 0.3 is 11.9 Å². The molecule has 1 aromatic rings. The number of fused-ring (bicyclic) bond motifs is 1. The number of phenols is 2. The van der Waals surface area contributed by atoms with Crippen LogP contribution < -0.4 is 0 Å². The number of benzene rings is 1. The lowest BCUT2D eigenvalue weighted by molar-refractivity contribution is -0.150. The highest BCUT2D eigenvalue weighted by atomic mass is 16.6. The van der Waals surface area contributed by atoms with E-state index in [4.69, 9.17) is 9.47 Å². The van der Waals surface area contributed by atoms with E-state index in [1.54, 1.807) is 6.08 Å². The Bertz CT molecular complexity index is 919. The summed E-state index contributed by atoms with van der Waals surface area (Å²) >= 11 is 0. The van der Waals surface area contributed by atoms with Gasteiger partial charge in [-0.05, 0) is 32.1 Å². The minimum absolute atomic E-state index is 0.110. The molecule has 0 amide bonds. The first-order valence-electron chi connectivity index (χ1n) is 8.93. The zero-order valence-corrected chi connectivity index (χ0v) is 16.4. The van der Waals surface area contributed by atoms with Crippen LogP contribution in [0.3, 0.4) is 0 Å². The van der Waals surface area contributed by atoms with Gasteiger partial charge < -0.3 is 19.7 Å². The van der Waals surface area contributed by atoms with Gasteiger partial charge in [0, 0.05) is 18.9 Å². The summed E-state index contributed by atoms with van der Waals surface area (Å²) < 4.78 is 10.1. The second-order valence-corrected chi connectivity index (χ2v) is 6.73. The fraction of sp³-hybridized carbons (Fsp3) is 0.333. The van der Waals surface area contributed by atoms with Gasteiger partial charge in [-0.3, -0.25) is 19.2 Å². The maximum Gasteiger partial charge on any atom is 0.309 e. The van der Waals surface area contributed by atoms with Crippen molar-refractivity contribution >= 4 is 23.5 Å². The van der Waals surface area contributed by atoms with E-state index in [0.29, 0.717) is 0 Å². The summed E-state index contributed by atoms with van der Waals surface area (Å²) in [4.78, 5) is 48.4. The molecule has 0 radical (unpaired) electrons. The van der Waals surface area contributed by atoms with Gasteiger partial charge in [-0.2, -0.15) is 0 Å². The van der Waals surface area contributed by atoms with Crippen LogP contribution in [-0.4, -0.2) is 46.4 Å². The normalized spacial score (nSPS) is 13.8. The van der Waals surface area contributed by atoms with Crippen molar-refractivity contribution in [3.05, 3.63) is 46.6 Å². The molecular formula is C21H22O8. The third-order valence-electron chi connectivity index (χ3n) is 4.16. The van der Waals surface area contributed by atoms with Crippen molar-refractivity contribution in [1.29, 1.82) is 0 Å². The Kier molecular flexibility index (Phi) is 6.93. The molecule has 1 aliphatic rings. The van der Waals surface area contributed by atoms with Crippen LogP contribution in [0.2, 0.25) is 0 Å². The average Bonchev–Trinajstić information content (AvgIpc) is 2.63. The Labute approximate surface area is 167 Å². The molecule has 1 atom stereocenters. The fourth-order valence-corrected chi connectivity index (χ4v) is 2.80. The number of carbonyl (C=O) groups is 4. The molecule has 0 heterocycles. The first kappa shape index (κ1) is 21.9. The minimum atomic E-state index is -1.08. The molecule has 2 N–H and O–H groups in total. The summed E-state index contributed by atoms with van der Waals surface area (Å²) in [6.45, 7) is 4.67. The number of esters is 2. The fourth-order valence-electron chi connectivity index (χ4n) is 2.80.